The molecule has 0 spiro atoms. The van der Waals surface area contributed by atoms with Crippen LogP contribution in [0.4, 0.5) is 0 Å². The second kappa shape index (κ2) is 6.85. The lowest BCUT2D eigenvalue weighted by atomic mass is 9.99. The van der Waals surface area contributed by atoms with Gasteiger partial charge in [0.15, 0.2) is 0 Å². The van der Waals surface area contributed by atoms with E-state index in [1.807, 2.05) is 7.05 Å². The van der Waals surface area contributed by atoms with E-state index in [0.29, 0.717) is 30.3 Å². The minimum atomic E-state index is 0.321. The fourth-order valence-electron chi connectivity index (χ4n) is 3.05. The van der Waals surface area contributed by atoms with Crippen LogP contribution in [0.15, 0.2) is 0 Å². The predicted octanol–water partition coefficient (Wildman–Crippen LogP) is 1.58. The number of hydrogen-bond donors (Lipinski definition) is 1. The Bertz CT molecular complexity index is 233. The molecule has 0 aromatic carbocycles. The zero-order valence-corrected chi connectivity index (χ0v) is 11.9. The van der Waals surface area contributed by atoms with Crippen molar-refractivity contribution in [3.63, 3.8) is 0 Å². The number of likely N-dealkylation sites (N-methyl/N-ethyl adjacent to an activating group) is 1. The summed E-state index contributed by atoms with van der Waals surface area (Å²) < 4.78 is 17.3. The molecule has 4 unspecified atom stereocenters. The van der Waals surface area contributed by atoms with Crippen molar-refractivity contribution < 1.29 is 14.2 Å². The zero-order valence-electron chi connectivity index (χ0n) is 11.9. The zero-order chi connectivity index (χ0) is 13.0. The first kappa shape index (κ1) is 14.3. The Kier molecular flexibility index (Phi) is 5.42. The Morgan fingerprint density at radius 2 is 2.00 bits per heavy atom. The van der Waals surface area contributed by atoms with Gasteiger partial charge in [0.25, 0.3) is 0 Å². The summed E-state index contributed by atoms with van der Waals surface area (Å²) in [7, 11) is 2.02. The van der Waals surface area contributed by atoms with Crippen molar-refractivity contribution in [3.8, 4) is 0 Å². The average molecular weight is 257 g/mol. The van der Waals surface area contributed by atoms with E-state index in [1.54, 1.807) is 0 Å². The molecule has 4 nitrogen and oxygen atoms in total. The van der Waals surface area contributed by atoms with Gasteiger partial charge in [0, 0.05) is 18.6 Å². The summed E-state index contributed by atoms with van der Waals surface area (Å²) in [5.74, 6) is 0.602. The van der Waals surface area contributed by atoms with Crippen LogP contribution >= 0.6 is 0 Å². The standard InChI is InChI=1S/C14H27NO3/c1-10-6-13(7-11(2)18-10)17-9-14(15-3)12-4-5-16-8-12/h10-15H,4-9H2,1-3H3. The van der Waals surface area contributed by atoms with Crippen molar-refractivity contribution in [2.75, 3.05) is 26.9 Å². The van der Waals surface area contributed by atoms with E-state index in [9.17, 15) is 0 Å². The third-order valence-corrected chi connectivity index (χ3v) is 4.07. The summed E-state index contributed by atoms with van der Waals surface area (Å²) >= 11 is 0. The lowest BCUT2D eigenvalue weighted by Crippen LogP contribution is -2.41. The summed E-state index contributed by atoms with van der Waals surface area (Å²) in [6.45, 7) is 6.82. The molecule has 2 heterocycles. The van der Waals surface area contributed by atoms with E-state index < -0.39 is 0 Å². The van der Waals surface area contributed by atoms with Crippen LogP contribution in [0.2, 0.25) is 0 Å². The quantitative estimate of drug-likeness (QED) is 0.812. The van der Waals surface area contributed by atoms with Gasteiger partial charge in [0.05, 0.1) is 31.5 Å². The lowest BCUT2D eigenvalue weighted by Gasteiger charge is -2.33. The minimum Gasteiger partial charge on any atom is -0.381 e. The van der Waals surface area contributed by atoms with E-state index in [0.717, 1.165) is 39.1 Å². The van der Waals surface area contributed by atoms with Crippen LogP contribution in [0.1, 0.15) is 33.1 Å². The maximum Gasteiger partial charge on any atom is 0.0626 e. The molecule has 0 aromatic heterocycles. The largest absolute Gasteiger partial charge is 0.381 e. The van der Waals surface area contributed by atoms with E-state index in [2.05, 4.69) is 19.2 Å². The van der Waals surface area contributed by atoms with Gasteiger partial charge in [0.1, 0.15) is 0 Å². The molecule has 4 heteroatoms. The smallest absolute Gasteiger partial charge is 0.0626 e. The van der Waals surface area contributed by atoms with Crippen molar-refractivity contribution in [1.82, 2.24) is 5.32 Å². The number of ether oxygens (including phenoxy) is 3. The first-order valence-electron chi connectivity index (χ1n) is 7.21. The fraction of sp³-hybridized carbons (Fsp3) is 1.00. The summed E-state index contributed by atoms with van der Waals surface area (Å²) in [5, 5.41) is 3.37. The monoisotopic (exact) mass is 257 g/mol. The molecule has 2 aliphatic rings. The van der Waals surface area contributed by atoms with Crippen LogP contribution in [0, 0.1) is 5.92 Å². The minimum absolute atomic E-state index is 0.321. The van der Waals surface area contributed by atoms with Crippen molar-refractivity contribution >= 4 is 0 Å². The highest BCUT2D eigenvalue weighted by molar-refractivity contribution is 4.80. The molecule has 2 saturated heterocycles. The van der Waals surface area contributed by atoms with Crippen LogP contribution in [0.5, 0.6) is 0 Å². The molecule has 18 heavy (non-hydrogen) atoms. The highest BCUT2D eigenvalue weighted by Gasteiger charge is 2.28. The molecule has 2 rings (SSSR count). The molecule has 0 aromatic rings. The Hall–Kier alpha value is -0.160. The van der Waals surface area contributed by atoms with Gasteiger partial charge in [-0.1, -0.05) is 0 Å². The highest BCUT2D eigenvalue weighted by atomic mass is 16.5. The fourth-order valence-corrected chi connectivity index (χ4v) is 3.05. The summed E-state index contributed by atoms with van der Waals surface area (Å²) in [6, 6.07) is 0.418. The third-order valence-electron chi connectivity index (χ3n) is 4.07. The highest BCUT2D eigenvalue weighted by Crippen LogP contribution is 2.23. The van der Waals surface area contributed by atoms with Gasteiger partial charge in [-0.15, -0.1) is 0 Å². The maximum absolute atomic E-state index is 6.09. The SMILES string of the molecule is CNC(COC1CC(C)OC(C)C1)C1CCOC1. The van der Waals surface area contributed by atoms with Gasteiger partial charge < -0.3 is 19.5 Å². The average Bonchev–Trinajstić information content (AvgIpc) is 2.82. The van der Waals surface area contributed by atoms with E-state index >= 15 is 0 Å². The van der Waals surface area contributed by atoms with Crippen LogP contribution in [0.25, 0.3) is 0 Å². The number of nitrogens with one attached hydrogen (secondary N) is 1. The molecule has 2 aliphatic heterocycles. The van der Waals surface area contributed by atoms with Crippen molar-refractivity contribution in [1.29, 1.82) is 0 Å². The molecule has 0 saturated carbocycles. The molecule has 0 radical (unpaired) electrons. The number of hydrogen-bond acceptors (Lipinski definition) is 4. The molecule has 2 fully saturated rings. The Balaban J connectivity index is 1.74. The molecule has 1 N–H and O–H groups in total. The lowest BCUT2D eigenvalue weighted by molar-refractivity contribution is -0.106. The maximum atomic E-state index is 6.09. The molecule has 0 amide bonds. The van der Waals surface area contributed by atoms with Gasteiger partial charge in [-0.05, 0) is 40.2 Å². The summed E-state index contributed by atoms with van der Waals surface area (Å²) in [5.41, 5.74) is 0. The molecule has 0 aliphatic carbocycles. The first-order valence-corrected chi connectivity index (χ1v) is 7.21. The first-order chi connectivity index (χ1) is 8.69. The third kappa shape index (κ3) is 3.92. The molecule has 106 valence electrons. The van der Waals surface area contributed by atoms with Gasteiger partial charge in [-0.3, -0.25) is 0 Å². The topological polar surface area (TPSA) is 39.7 Å². The second-order valence-electron chi connectivity index (χ2n) is 5.70. The van der Waals surface area contributed by atoms with Crippen molar-refractivity contribution in [2.24, 2.45) is 5.92 Å². The normalized spacial score (nSPS) is 38.8. The molecular formula is C14H27NO3. The predicted molar refractivity (Wildman–Crippen MR) is 70.8 cm³/mol. The summed E-state index contributed by atoms with van der Waals surface area (Å²) in [6.07, 6.45) is 4.17. The molecular weight excluding hydrogens is 230 g/mol. The van der Waals surface area contributed by atoms with Crippen LogP contribution < -0.4 is 5.32 Å². The van der Waals surface area contributed by atoms with E-state index in [-0.39, 0.29) is 0 Å². The second-order valence-corrected chi connectivity index (χ2v) is 5.70. The Morgan fingerprint density at radius 1 is 1.28 bits per heavy atom. The van der Waals surface area contributed by atoms with Crippen LogP contribution in [-0.2, 0) is 14.2 Å². The van der Waals surface area contributed by atoms with Crippen LogP contribution in [-0.4, -0.2) is 51.2 Å². The van der Waals surface area contributed by atoms with E-state index in [4.69, 9.17) is 14.2 Å². The Labute approximate surface area is 110 Å². The van der Waals surface area contributed by atoms with Gasteiger partial charge in [-0.2, -0.15) is 0 Å². The van der Waals surface area contributed by atoms with Gasteiger partial charge in [0.2, 0.25) is 0 Å². The van der Waals surface area contributed by atoms with Gasteiger partial charge in [-0.25, -0.2) is 0 Å². The molecule has 0 bridgehead atoms. The summed E-state index contributed by atoms with van der Waals surface area (Å²) in [4.78, 5) is 0. The van der Waals surface area contributed by atoms with Gasteiger partial charge >= 0.3 is 0 Å². The molecule has 4 atom stereocenters. The van der Waals surface area contributed by atoms with Crippen LogP contribution in [0.3, 0.4) is 0 Å². The number of rotatable bonds is 5. The van der Waals surface area contributed by atoms with Crippen molar-refractivity contribution in [3.05, 3.63) is 0 Å². The van der Waals surface area contributed by atoms with E-state index in [1.165, 1.54) is 0 Å². The Morgan fingerprint density at radius 3 is 2.56 bits per heavy atom. The van der Waals surface area contributed by atoms with Crippen molar-refractivity contribution in [2.45, 2.75) is 57.5 Å².